The first-order valence-corrected chi connectivity index (χ1v) is 3.27. The normalized spacial score (nSPS) is 8.44. The summed E-state index contributed by atoms with van der Waals surface area (Å²) in [6.45, 7) is 2.13. The predicted molar refractivity (Wildman–Crippen MR) is 40.7 cm³/mol. The van der Waals surface area contributed by atoms with Crippen LogP contribution < -0.4 is 0 Å². The van der Waals surface area contributed by atoms with E-state index in [1.807, 2.05) is 0 Å². The standard InChI is InChI=1S/C9H12/c1-4-7-8-9(5-2)6-3/h2-3,9H,4,7-8H2,1H3. The van der Waals surface area contributed by atoms with Crippen LogP contribution in [0.1, 0.15) is 26.2 Å². The molecule has 0 saturated carbocycles. The number of unbranched alkanes of at least 4 members (excludes halogenated alkanes) is 1. The van der Waals surface area contributed by atoms with Gasteiger partial charge in [-0.2, -0.15) is 0 Å². The third-order valence-electron chi connectivity index (χ3n) is 1.25. The first kappa shape index (κ1) is 8.12. The zero-order valence-electron chi connectivity index (χ0n) is 5.85. The van der Waals surface area contributed by atoms with Crippen molar-refractivity contribution >= 4 is 0 Å². The molecule has 0 heterocycles. The van der Waals surface area contributed by atoms with Crippen molar-refractivity contribution in [2.75, 3.05) is 0 Å². The number of hydrogen-bond acceptors (Lipinski definition) is 0. The molecule has 9 heavy (non-hydrogen) atoms. The van der Waals surface area contributed by atoms with E-state index < -0.39 is 0 Å². The van der Waals surface area contributed by atoms with Crippen LogP contribution in [-0.2, 0) is 0 Å². The molecule has 0 nitrogen and oxygen atoms in total. The molecule has 0 aromatic carbocycles. The lowest BCUT2D eigenvalue weighted by Gasteiger charge is -1.98. The lowest BCUT2D eigenvalue weighted by Crippen LogP contribution is -1.90. The Labute approximate surface area is 57.7 Å². The van der Waals surface area contributed by atoms with Gasteiger partial charge < -0.3 is 0 Å². The quantitative estimate of drug-likeness (QED) is 0.500. The zero-order valence-corrected chi connectivity index (χ0v) is 5.85. The number of terminal acetylenes is 2. The van der Waals surface area contributed by atoms with Crippen molar-refractivity contribution in [1.29, 1.82) is 0 Å². The van der Waals surface area contributed by atoms with E-state index in [1.54, 1.807) is 0 Å². The van der Waals surface area contributed by atoms with Gasteiger partial charge in [0.25, 0.3) is 0 Å². The fourth-order valence-electron chi connectivity index (χ4n) is 0.623. The maximum atomic E-state index is 5.13. The average Bonchev–Trinajstić information content (AvgIpc) is 1.91. The Balaban J connectivity index is 3.38. The second kappa shape index (κ2) is 5.26. The van der Waals surface area contributed by atoms with Gasteiger partial charge in [-0.05, 0) is 6.42 Å². The molecule has 0 rings (SSSR count). The van der Waals surface area contributed by atoms with Crippen molar-refractivity contribution in [2.45, 2.75) is 26.2 Å². The monoisotopic (exact) mass is 120 g/mol. The molecule has 0 spiro atoms. The second-order valence-electron chi connectivity index (χ2n) is 2.03. The fourth-order valence-corrected chi connectivity index (χ4v) is 0.623. The highest BCUT2D eigenvalue weighted by Gasteiger charge is 1.96. The van der Waals surface area contributed by atoms with Gasteiger partial charge in [-0.15, -0.1) is 12.8 Å². The summed E-state index contributed by atoms with van der Waals surface area (Å²) in [6, 6.07) is 0. The Morgan fingerprint density at radius 2 is 1.89 bits per heavy atom. The van der Waals surface area contributed by atoms with Crippen molar-refractivity contribution in [3.05, 3.63) is 0 Å². The molecule has 0 bridgehead atoms. The molecule has 0 aromatic rings. The van der Waals surface area contributed by atoms with Crippen molar-refractivity contribution in [2.24, 2.45) is 5.92 Å². The van der Waals surface area contributed by atoms with Crippen molar-refractivity contribution in [3.8, 4) is 24.7 Å². The third kappa shape index (κ3) is 3.68. The lowest BCUT2D eigenvalue weighted by molar-refractivity contribution is 0.669. The van der Waals surface area contributed by atoms with E-state index in [0.29, 0.717) is 0 Å². The summed E-state index contributed by atoms with van der Waals surface area (Å²) in [6.07, 6.45) is 13.5. The van der Waals surface area contributed by atoms with Gasteiger partial charge in [0.1, 0.15) is 0 Å². The Bertz CT molecular complexity index is 117. The van der Waals surface area contributed by atoms with Gasteiger partial charge in [0, 0.05) is 0 Å². The summed E-state index contributed by atoms with van der Waals surface area (Å²) in [5.74, 6) is 5.16. The summed E-state index contributed by atoms with van der Waals surface area (Å²) in [5.41, 5.74) is 0. The van der Waals surface area contributed by atoms with Gasteiger partial charge in [0.2, 0.25) is 0 Å². The maximum Gasteiger partial charge on any atom is 0.0806 e. The highest BCUT2D eigenvalue weighted by Crippen LogP contribution is 2.04. The van der Waals surface area contributed by atoms with Crippen LogP contribution in [-0.4, -0.2) is 0 Å². The van der Waals surface area contributed by atoms with Crippen molar-refractivity contribution < 1.29 is 0 Å². The predicted octanol–water partition coefficient (Wildman–Crippen LogP) is 2.06. The minimum Gasteiger partial charge on any atom is -0.119 e. The van der Waals surface area contributed by atoms with Gasteiger partial charge >= 0.3 is 0 Å². The smallest absolute Gasteiger partial charge is 0.0806 e. The van der Waals surface area contributed by atoms with Crippen LogP contribution in [0.4, 0.5) is 0 Å². The van der Waals surface area contributed by atoms with Crippen LogP contribution in [0.25, 0.3) is 0 Å². The van der Waals surface area contributed by atoms with Gasteiger partial charge in [-0.1, -0.05) is 31.6 Å². The highest BCUT2D eigenvalue weighted by atomic mass is 14.0. The largest absolute Gasteiger partial charge is 0.119 e. The van der Waals surface area contributed by atoms with Crippen LogP contribution in [0.15, 0.2) is 0 Å². The summed E-state index contributed by atoms with van der Waals surface area (Å²) in [7, 11) is 0. The van der Waals surface area contributed by atoms with Crippen LogP contribution >= 0.6 is 0 Å². The molecule has 48 valence electrons. The molecule has 0 unspecified atom stereocenters. The first-order valence-electron chi connectivity index (χ1n) is 3.27. The molecule has 0 aliphatic heterocycles. The molecule has 0 fully saturated rings. The van der Waals surface area contributed by atoms with Gasteiger partial charge in [-0.3, -0.25) is 0 Å². The SMILES string of the molecule is C#CC(C#C)CCCC. The minimum atomic E-state index is 0.0601. The molecular formula is C9H12. The summed E-state index contributed by atoms with van der Waals surface area (Å²) in [4.78, 5) is 0. The Morgan fingerprint density at radius 3 is 2.22 bits per heavy atom. The van der Waals surface area contributed by atoms with Gasteiger partial charge in [0.15, 0.2) is 0 Å². The topological polar surface area (TPSA) is 0 Å². The van der Waals surface area contributed by atoms with E-state index >= 15 is 0 Å². The van der Waals surface area contributed by atoms with E-state index in [2.05, 4.69) is 18.8 Å². The molecule has 0 atom stereocenters. The fraction of sp³-hybridized carbons (Fsp3) is 0.556. The molecule has 0 aromatic heterocycles. The summed E-state index contributed by atoms with van der Waals surface area (Å²) < 4.78 is 0. The van der Waals surface area contributed by atoms with Crippen molar-refractivity contribution in [3.63, 3.8) is 0 Å². The molecule has 0 aliphatic carbocycles. The average molecular weight is 120 g/mol. The maximum absolute atomic E-state index is 5.13. The molecule has 0 radical (unpaired) electrons. The molecular weight excluding hydrogens is 108 g/mol. The Hall–Kier alpha value is -0.880. The van der Waals surface area contributed by atoms with Gasteiger partial charge in [0.05, 0.1) is 5.92 Å². The first-order chi connectivity index (χ1) is 4.35. The van der Waals surface area contributed by atoms with E-state index in [4.69, 9.17) is 12.8 Å². The van der Waals surface area contributed by atoms with E-state index in [1.165, 1.54) is 6.42 Å². The second-order valence-corrected chi connectivity index (χ2v) is 2.03. The van der Waals surface area contributed by atoms with Crippen LogP contribution in [0, 0.1) is 30.6 Å². The minimum absolute atomic E-state index is 0.0601. The summed E-state index contributed by atoms with van der Waals surface area (Å²) in [5, 5.41) is 0. The van der Waals surface area contributed by atoms with Gasteiger partial charge in [-0.25, -0.2) is 0 Å². The third-order valence-corrected chi connectivity index (χ3v) is 1.25. The molecule has 0 heteroatoms. The number of hydrogen-bond donors (Lipinski definition) is 0. The highest BCUT2D eigenvalue weighted by molar-refractivity contribution is 5.09. The lowest BCUT2D eigenvalue weighted by atomic mass is 10.0. The van der Waals surface area contributed by atoms with Crippen molar-refractivity contribution in [1.82, 2.24) is 0 Å². The van der Waals surface area contributed by atoms with E-state index in [-0.39, 0.29) is 5.92 Å². The number of rotatable bonds is 3. The van der Waals surface area contributed by atoms with Crippen LogP contribution in [0.3, 0.4) is 0 Å². The Morgan fingerprint density at radius 1 is 1.33 bits per heavy atom. The van der Waals surface area contributed by atoms with E-state index in [0.717, 1.165) is 12.8 Å². The molecule has 0 aliphatic rings. The molecule has 0 N–H and O–H groups in total. The Kier molecular flexibility index (Phi) is 4.75. The summed E-state index contributed by atoms with van der Waals surface area (Å²) >= 11 is 0. The molecule has 0 amide bonds. The van der Waals surface area contributed by atoms with Crippen LogP contribution in [0.5, 0.6) is 0 Å². The van der Waals surface area contributed by atoms with Crippen LogP contribution in [0.2, 0.25) is 0 Å². The molecule has 0 saturated heterocycles. The van der Waals surface area contributed by atoms with E-state index in [9.17, 15) is 0 Å². The zero-order chi connectivity index (χ0) is 7.11.